The van der Waals surface area contributed by atoms with Gasteiger partial charge in [-0.2, -0.15) is 5.26 Å². The predicted molar refractivity (Wildman–Crippen MR) is 98.8 cm³/mol. The van der Waals surface area contributed by atoms with Crippen molar-refractivity contribution in [2.45, 2.75) is 13.0 Å². The highest BCUT2D eigenvalue weighted by atomic mass is 16.4. The lowest BCUT2D eigenvalue weighted by Gasteiger charge is -2.15. The van der Waals surface area contributed by atoms with Gasteiger partial charge in [0.2, 0.25) is 0 Å². The fourth-order valence-corrected chi connectivity index (χ4v) is 2.92. The van der Waals surface area contributed by atoms with Gasteiger partial charge in [-0.15, -0.1) is 0 Å². The third-order valence-corrected chi connectivity index (χ3v) is 4.24. The molecule has 0 aliphatic heterocycles. The van der Waals surface area contributed by atoms with Crippen LogP contribution in [0.4, 0.5) is 0 Å². The molecule has 0 aliphatic rings. The number of carboxylic acids is 1. The molecule has 0 aliphatic carbocycles. The second kappa shape index (κ2) is 7.22. The maximum absolute atomic E-state index is 11.6. The van der Waals surface area contributed by atoms with E-state index in [1.54, 1.807) is 30.3 Å². The van der Waals surface area contributed by atoms with E-state index in [1.807, 2.05) is 31.2 Å². The lowest BCUT2D eigenvalue weighted by Crippen LogP contribution is -2.04. The second-order valence-electron chi connectivity index (χ2n) is 6.12. The molecule has 0 aromatic heterocycles. The summed E-state index contributed by atoms with van der Waals surface area (Å²) >= 11 is 0. The van der Waals surface area contributed by atoms with Gasteiger partial charge in [-0.3, -0.25) is 0 Å². The quantitative estimate of drug-likeness (QED) is 0.739. The van der Waals surface area contributed by atoms with Crippen molar-refractivity contribution in [3.05, 3.63) is 94.5 Å². The Morgan fingerprint density at radius 2 is 1.73 bits per heavy atom. The summed E-state index contributed by atoms with van der Waals surface area (Å²) in [5.74, 6) is -1.08. The van der Waals surface area contributed by atoms with Crippen molar-refractivity contribution in [2.75, 3.05) is 0 Å². The van der Waals surface area contributed by atoms with E-state index in [4.69, 9.17) is 0 Å². The zero-order valence-corrected chi connectivity index (χ0v) is 14.2. The van der Waals surface area contributed by atoms with Crippen molar-refractivity contribution in [3.63, 3.8) is 0 Å². The van der Waals surface area contributed by atoms with Gasteiger partial charge in [0.15, 0.2) is 0 Å². The molecule has 0 spiro atoms. The molecule has 4 nitrogen and oxygen atoms in total. The Kier molecular flexibility index (Phi) is 4.83. The molecular weight excluding hydrogens is 326 g/mol. The number of benzene rings is 3. The highest BCUT2D eigenvalue weighted by Gasteiger charge is 2.16. The van der Waals surface area contributed by atoms with Crippen LogP contribution in [-0.4, -0.2) is 16.2 Å². The summed E-state index contributed by atoms with van der Waals surface area (Å²) in [4.78, 5) is 11.6. The average molecular weight is 343 g/mol. The van der Waals surface area contributed by atoms with E-state index >= 15 is 0 Å². The maximum atomic E-state index is 11.6. The van der Waals surface area contributed by atoms with Crippen LogP contribution in [0.1, 0.15) is 38.7 Å². The van der Waals surface area contributed by atoms with Gasteiger partial charge in [0.1, 0.15) is 6.10 Å². The van der Waals surface area contributed by atoms with E-state index in [0.717, 1.165) is 5.56 Å². The van der Waals surface area contributed by atoms with E-state index < -0.39 is 12.1 Å². The Balaban J connectivity index is 2.17. The van der Waals surface area contributed by atoms with E-state index in [-0.39, 0.29) is 5.56 Å². The standard InChI is InChI=1S/C22H17NO3/c1-14-7-8-20(19(9-14)13-23)16-10-17(12-18(11-16)22(25)26)21(24)15-5-3-2-4-6-15/h2-12,21,24H,1H3,(H,25,26). The van der Waals surface area contributed by atoms with Crippen LogP contribution in [0.5, 0.6) is 0 Å². The summed E-state index contributed by atoms with van der Waals surface area (Å²) < 4.78 is 0. The highest BCUT2D eigenvalue weighted by Crippen LogP contribution is 2.31. The molecule has 0 radical (unpaired) electrons. The molecule has 26 heavy (non-hydrogen) atoms. The number of hydrogen-bond donors (Lipinski definition) is 2. The summed E-state index contributed by atoms with van der Waals surface area (Å²) in [5.41, 5.74) is 3.85. The molecule has 1 unspecified atom stereocenters. The maximum Gasteiger partial charge on any atom is 0.335 e. The minimum atomic E-state index is -1.08. The molecule has 0 amide bonds. The Hall–Kier alpha value is -3.42. The summed E-state index contributed by atoms with van der Waals surface area (Å²) in [6, 6.07) is 21.3. The number of carbonyl (C=O) groups is 1. The van der Waals surface area contributed by atoms with Crippen LogP contribution in [0.2, 0.25) is 0 Å². The topological polar surface area (TPSA) is 81.3 Å². The smallest absolute Gasteiger partial charge is 0.335 e. The second-order valence-corrected chi connectivity index (χ2v) is 6.12. The SMILES string of the molecule is Cc1ccc(-c2cc(C(=O)O)cc(C(O)c3ccccc3)c2)c(C#N)c1. The molecule has 0 bridgehead atoms. The third-order valence-electron chi connectivity index (χ3n) is 4.24. The molecule has 128 valence electrons. The number of nitriles is 1. The van der Waals surface area contributed by atoms with Crippen molar-refractivity contribution in [3.8, 4) is 17.2 Å². The van der Waals surface area contributed by atoms with E-state index in [0.29, 0.717) is 27.8 Å². The molecule has 3 aromatic rings. The summed E-state index contributed by atoms with van der Waals surface area (Å²) in [6.45, 7) is 1.89. The number of nitrogens with zero attached hydrogens (tertiary/aromatic N) is 1. The van der Waals surface area contributed by atoms with Crippen molar-refractivity contribution >= 4 is 5.97 Å². The first kappa shape index (κ1) is 17.4. The number of rotatable bonds is 4. The Labute approximate surface area is 151 Å². The predicted octanol–water partition coefficient (Wildman–Crippen LogP) is 4.31. The molecule has 3 aromatic carbocycles. The van der Waals surface area contributed by atoms with Gasteiger partial charge in [0.25, 0.3) is 0 Å². The van der Waals surface area contributed by atoms with Crippen molar-refractivity contribution in [2.24, 2.45) is 0 Å². The van der Waals surface area contributed by atoms with Gasteiger partial charge in [-0.1, -0.05) is 42.5 Å². The van der Waals surface area contributed by atoms with E-state index in [1.165, 1.54) is 12.1 Å². The molecule has 4 heteroatoms. The first-order chi connectivity index (χ1) is 12.5. The first-order valence-corrected chi connectivity index (χ1v) is 8.12. The van der Waals surface area contributed by atoms with Crippen molar-refractivity contribution < 1.29 is 15.0 Å². The molecule has 0 fully saturated rings. The van der Waals surface area contributed by atoms with Crippen molar-refractivity contribution in [1.29, 1.82) is 5.26 Å². The first-order valence-electron chi connectivity index (χ1n) is 8.12. The fourth-order valence-electron chi connectivity index (χ4n) is 2.92. The number of carboxylic acid groups (broad SMARTS) is 1. The summed E-state index contributed by atoms with van der Waals surface area (Å²) in [6.07, 6.45) is -0.953. The van der Waals surface area contributed by atoms with Gasteiger partial charge in [0, 0.05) is 0 Å². The molecule has 0 saturated heterocycles. The van der Waals surface area contributed by atoms with Gasteiger partial charge < -0.3 is 10.2 Å². The molecule has 3 rings (SSSR count). The molecular formula is C22H17NO3. The van der Waals surface area contributed by atoms with Crippen molar-refractivity contribution in [1.82, 2.24) is 0 Å². The van der Waals surface area contributed by atoms with Gasteiger partial charge in [-0.05, 0) is 59.0 Å². The zero-order valence-electron chi connectivity index (χ0n) is 14.2. The normalized spacial score (nSPS) is 11.6. The summed E-state index contributed by atoms with van der Waals surface area (Å²) in [5, 5.41) is 29.6. The van der Waals surface area contributed by atoms with Crippen LogP contribution in [0.15, 0.2) is 66.7 Å². The molecule has 0 saturated carbocycles. The monoisotopic (exact) mass is 343 g/mol. The van der Waals surface area contributed by atoms with E-state index in [9.17, 15) is 20.3 Å². The Morgan fingerprint density at radius 3 is 2.38 bits per heavy atom. The number of aryl methyl sites for hydroxylation is 1. The lowest BCUT2D eigenvalue weighted by atomic mass is 9.92. The van der Waals surface area contributed by atoms with Crippen LogP contribution < -0.4 is 0 Å². The Morgan fingerprint density at radius 1 is 1.00 bits per heavy atom. The number of aromatic carboxylic acids is 1. The molecule has 1 atom stereocenters. The fraction of sp³-hybridized carbons (Fsp3) is 0.0909. The zero-order chi connectivity index (χ0) is 18.7. The highest BCUT2D eigenvalue weighted by molar-refractivity contribution is 5.90. The van der Waals surface area contributed by atoms with Gasteiger partial charge in [-0.25, -0.2) is 4.79 Å². The number of hydrogen-bond acceptors (Lipinski definition) is 3. The van der Waals surface area contributed by atoms with Crippen LogP contribution in [0.3, 0.4) is 0 Å². The Bertz CT molecular complexity index is 1000. The average Bonchev–Trinajstić information content (AvgIpc) is 2.67. The summed E-state index contributed by atoms with van der Waals surface area (Å²) in [7, 11) is 0. The van der Waals surface area contributed by atoms with Crippen LogP contribution in [-0.2, 0) is 0 Å². The third kappa shape index (κ3) is 3.49. The van der Waals surface area contributed by atoms with Crippen LogP contribution in [0.25, 0.3) is 11.1 Å². The minimum Gasteiger partial charge on any atom is -0.478 e. The van der Waals surface area contributed by atoms with Gasteiger partial charge in [0.05, 0.1) is 17.2 Å². The van der Waals surface area contributed by atoms with Crippen LogP contribution in [0, 0.1) is 18.3 Å². The largest absolute Gasteiger partial charge is 0.478 e. The number of aliphatic hydroxyl groups is 1. The minimum absolute atomic E-state index is 0.0666. The number of aliphatic hydroxyl groups excluding tert-OH is 1. The van der Waals surface area contributed by atoms with Crippen LogP contribution >= 0.6 is 0 Å². The molecule has 2 N–H and O–H groups in total. The molecule has 0 heterocycles. The van der Waals surface area contributed by atoms with E-state index in [2.05, 4.69) is 6.07 Å². The lowest BCUT2D eigenvalue weighted by molar-refractivity contribution is 0.0696. The van der Waals surface area contributed by atoms with Gasteiger partial charge >= 0.3 is 5.97 Å².